The highest BCUT2D eigenvalue weighted by molar-refractivity contribution is 7.99. The Balaban J connectivity index is 1.89. The molecule has 3 N–H and O–H groups in total. The van der Waals surface area contributed by atoms with E-state index in [0.717, 1.165) is 17.2 Å². The number of nitrogens with two attached hydrogens (primary N) is 1. The summed E-state index contributed by atoms with van der Waals surface area (Å²) in [6, 6.07) is 8.67. The molecule has 0 spiro atoms. The summed E-state index contributed by atoms with van der Waals surface area (Å²) < 4.78 is 0. The normalized spacial score (nSPS) is 12.6. The van der Waals surface area contributed by atoms with E-state index in [1.54, 1.807) is 11.3 Å². The monoisotopic (exact) mass is 279 g/mol. The van der Waals surface area contributed by atoms with E-state index in [-0.39, 0.29) is 6.04 Å². The summed E-state index contributed by atoms with van der Waals surface area (Å²) in [6.07, 6.45) is 2.72. The predicted molar refractivity (Wildman–Crippen MR) is 78.8 cm³/mol. The number of hydrazine groups is 1. The Morgan fingerprint density at radius 3 is 2.94 bits per heavy atom. The molecule has 0 bridgehead atoms. The molecule has 0 saturated carbocycles. The van der Waals surface area contributed by atoms with Gasteiger partial charge in [0.25, 0.3) is 0 Å². The molecule has 0 fully saturated rings. The Morgan fingerprint density at radius 1 is 1.44 bits per heavy atom. The molecule has 5 heteroatoms. The Morgan fingerprint density at radius 2 is 2.28 bits per heavy atom. The first-order chi connectivity index (χ1) is 8.79. The van der Waals surface area contributed by atoms with Gasteiger partial charge in [-0.15, -0.1) is 23.1 Å². The second-order valence-corrected chi connectivity index (χ2v) is 6.11. The van der Waals surface area contributed by atoms with E-state index in [1.807, 2.05) is 23.3 Å². The third-order valence-electron chi connectivity index (χ3n) is 2.67. The van der Waals surface area contributed by atoms with Crippen LogP contribution in [-0.2, 0) is 6.42 Å². The smallest absolute Gasteiger partial charge is 0.0941 e. The van der Waals surface area contributed by atoms with E-state index in [1.165, 1.54) is 10.5 Å². The number of rotatable bonds is 6. The van der Waals surface area contributed by atoms with Gasteiger partial charge in [0.05, 0.1) is 5.01 Å². The van der Waals surface area contributed by atoms with Gasteiger partial charge in [0.2, 0.25) is 0 Å². The van der Waals surface area contributed by atoms with Crippen molar-refractivity contribution in [2.45, 2.75) is 24.3 Å². The van der Waals surface area contributed by atoms with Gasteiger partial charge < -0.3 is 0 Å². The maximum atomic E-state index is 5.61. The number of aryl methyl sites for hydroxylation is 1. The van der Waals surface area contributed by atoms with E-state index in [0.29, 0.717) is 0 Å². The molecule has 3 nitrogen and oxygen atoms in total. The molecule has 1 aromatic carbocycles. The molecule has 1 aromatic heterocycles. The first-order valence-corrected chi connectivity index (χ1v) is 7.69. The number of nitrogens with one attached hydrogen (secondary N) is 1. The van der Waals surface area contributed by atoms with Crippen molar-refractivity contribution in [2.75, 3.05) is 5.75 Å². The lowest BCUT2D eigenvalue weighted by Gasteiger charge is -2.14. The Labute approximate surface area is 116 Å². The van der Waals surface area contributed by atoms with Gasteiger partial charge in [0, 0.05) is 34.7 Å². The second kappa shape index (κ2) is 6.89. The molecule has 0 aliphatic carbocycles. The average Bonchev–Trinajstić information content (AvgIpc) is 2.89. The van der Waals surface area contributed by atoms with E-state index in [2.05, 4.69) is 41.6 Å². The van der Waals surface area contributed by atoms with Crippen molar-refractivity contribution in [3.05, 3.63) is 46.4 Å². The molecular formula is C13H17N3S2. The van der Waals surface area contributed by atoms with Gasteiger partial charge in [0.1, 0.15) is 0 Å². The van der Waals surface area contributed by atoms with Gasteiger partial charge in [-0.3, -0.25) is 11.3 Å². The minimum absolute atomic E-state index is 0.251. The first-order valence-electron chi connectivity index (χ1n) is 5.82. The van der Waals surface area contributed by atoms with Crippen LogP contribution >= 0.6 is 23.1 Å². The average molecular weight is 279 g/mol. The Hall–Kier alpha value is -0.880. The van der Waals surface area contributed by atoms with Crippen LogP contribution in [0.15, 0.2) is 40.7 Å². The van der Waals surface area contributed by atoms with Crippen LogP contribution in [0.1, 0.15) is 10.6 Å². The maximum absolute atomic E-state index is 5.61. The van der Waals surface area contributed by atoms with Gasteiger partial charge >= 0.3 is 0 Å². The standard InChI is InChI=1S/C13H17N3S2/c1-10-4-2-3-5-12(10)18-9-11(16-14)8-13-15-6-7-17-13/h2-7,11,16H,8-9,14H2,1H3. The fraction of sp³-hybridized carbons (Fsp3) is 0.308. The zero-order valence-electron chi connectivity index (χ0n) is 10.3. The number of thioether (sulfide) groups is 1. The highest BCUT2D eigenvalue weighted by atomic mass is 32.2. The van der Waals surface area contributed by atoms with E-state index >= 15 is 0 Å². The number of aromatic nitrogens is 1. The molecule has 2 rings (SSSR count). The number of hydrogen-bond donors (Lipinski definition) is 2. The number of thiazole rings is 1. The first kappa shape index (κ1) is 13.5. The summed E-state index contributed by atoms with van der Waals surface area (Å²) in [4.78, 5) is 5.61. The van der Waals surface area contributed by atoms with Gasteiger partial charge in [-0.25, -0.2) is 4.98 Å². The van der Waals surface area contributed by atoms with Crippen LogP contribution in [0.4, 0.5) is 0 Å². The SMILES string of the molecule is Cc1ccccc1SCC(Cc1nccs1)NN. The molecule has 0 amide bonds. The third kappa shape index (κ3) is 3.81. The summed E-state index contributed by atoms with van der Waals surface area (Å²) >= 11 is 3.51. The molecular weight excluding hydrogens is 262 g/mol. The molecule has 1 atom stereocenters. The lowest BCUT2D eigenvalue weighted by molar-refractivity contribution is 0.574. The molecule has 96 valence electrons. The molecule has 0 aliphatic rings. The molecule has 2 aromatic rings. The fourth-order valence-corrected chi connectivity index (χ4v) is 3.40. The quantitative estimate of drug-likeness (QED) is 0.485. The predicted octanol–water partition coefficient (Wildman–Crippen LogP) is 2.62. The van der Waals surface area contributed by atoms with Crippen molar-refractivity contribution in [1.82, 2.24) is 10.4 Å². The van der Waals surface area contributed by atoms with Gasteiger partial charge in [0.15, 0.2) is 0 Å². The summed E-state index contributed by atoms with van der Waals surface area (Å²) in [5.74, 6) is 6.55. The lowest BCUT2D eigenvalue weighted by atomic mass is 10.2. The molecule has 18 heavy (non-hydrogen) atoms. The van der Waals surface area contributed by atoms with Crippen molar-refractivity contribution >= 4 is 23.1 Å². The third-order valence-corrected chi connectivity index (χ3v) is 4.81. The topological polar surface area (TPSA) is 50.9 Å². The van der Waals surface area contributed by atoms with Crippen LogP contribution in [0.3, 0.4) is 0 Å². The van der Waals surface area contributed by atoms with Crippen molar-refractivity contribution in [3.8, 4) is 0 Å². The minimum atomic E-state index is 0.251. The van der Waals surface area contributed by atoms with Crippen molar-refractivity contribution in [2.24, 2.45) is 5.84 Å². The van der Waals surface area contributed by atoms with Crippen molar-refractivity contribution in [3.63, 3.8) is 0 Å². The van der Waals surface area contributed by atoms with Gasteiger partial charge in [-0.1, -0.05) is 18.2 Å². The molecule has 0 saturated heterocycles. The van der Waals surface area contributed by atoms with Crippen LogP contribution in [0.5, 0.6) is 0 Å². The second-order valence-electron chi connectivity index (χ2n) is 4.07. The number of benzene rings is 1. The highest BCUT2D eigenvalue weighted by Gasteiger charge is 2.10. The summed E-state index contributed by atoms with van der Waals surface area (Å²) in [5.41, 5.74) is 4.19. The summed E-state index contributed by atoms with van der Waals surface area (Å²) in [5, 5.41) is 3.13. The Bertz CT molecular complexity index is 471. The molecule has 0 radical (unpaired) electrons. The minimum Gasteiger partial charge on any atom is -0.271 e. The summed E-state index contributed by atoms with van der Waals surface area (Å²) in [6.45, 7) is 2.13. The van der Waals surface area contributed by atoms with Gasteiger partial charge in [-0.05, 0) is 18.6 Å². The maximum Gasteiger partial charge on any atom is 0.0941 e. The van der Waals surface area contributed by atoms with Crippen LogP contribution in [0, 0.1) is 6.92 Å². The van der Waals surface area contributed by atoms with Crippen LogP contribution in [-0.4, -0.2) is 16.8 Å². The lowest BCUT2D eigenvalue weighted by Crippen LogP contribution is -2.38. The molecule has 1 heterocycles. The van der Waals surface area contributed by atoms with E-state index in [4.69, 9.17) is 5.84 Å². The van der Waals surface area contributed by atoms with E-state index < -0.39 is 0 Å². The fourth-order valence-electron chi connectivity index (χ4n) is 1.64. The van der Waals surface area contributed by atoms with Crippen LogP contribution in [0.25, 0.3) is 0 Å². The van der Waals surface area contributed by atoms with Crippen LogP contribution in [0.2, 0.25) is 0 Å². The zero-order valence-corrected chi connectivity index (χ0v) is 11.9. The van der Waals surface area contributed by atoms with Crippen molar-refractivity contribution < 1.29 is 0 Å². The number of nitrogens with zero attached hydrogens (tertiary/aromatic N) is 1. The molecule has 1 unspecified atom stereocenters. The number of hydrogen-bond acceptors (Lipinski definition) is 5. The largest absolute Gasteiger partial charge is 0.271 e. The van der Waals surface area contributed by atoms with Crippen LogP contribution < -0.4 is 11.3 Å². The summed E-state index contributed by atoms with van der Waals surface area (Å²) in [7, 11) is 0. The van der Waals surface area contributed by atoms with Crippen molar-refractivity contribution in [1.29, 1.82) is 0 Å². The highest BCUT2D eigenvalue weighted by Crippen LogP contribution is 2.23. The Kier molecular flexibility index (Phi) is 5.19. The van der Waals surface area contributed by atoms with E-state index in [9.17, 15) is 0 Å². The zero-order chi connectivity index (χ0) is 12.8. The molecule has 0 aliphatic heterocycles. The van der Waals surface area contributed by atoms with Gasteiger partial charge in [-0.2, -0.15) is 0 Å².